The Bertz CT molecular complexity index is 1000. The quantitative estimate of drug-likeness (QED) is 0.653. The first-order valence-electron chi connectivity index (χ1n) is 9.77. The normalized spacial score (nSPS) is 14.8. The highest BCUT2D eigenvalue weighted by Crippen LogP contribution is 2.31. The van der Waals surface area contributed by atoms with Gasteiger partial charge in [-0.05, 0) is 36.4 Å². The first-order chi connectivity index (χ1) is 14.8. The van der Waals surface area contributed by atoms with Crippen LogP contribution in [0, 0.1) is 0 Å². The van der Waals surface area contributed by atoms with Crippen LogP contribution in [0.1, 0.15) is 6.42 Å². The smallest absolute Gasteiger partial charge is 0.247 e. The number of amides is 1. The molecule has 0 spiro atoms. The third-order valence-electron chi connectivity index (χ3n) is 5.00. The van der Waals surface area contributed by atoms with E-state index in [-0.39, 0.29) is 48.4 Å². The number of phenols is 1. The molecule has 1 saturated heterocycles. The number of aromatic hydroxyl groups is 1. The number of ether oxygens (including phenoxy) is 3. The van der Waals surface area contributed by atoms with E-state index in [4.69, 9.17) is 14.2 Å². The fourth-order valence-corrected chi connectivity index (χ4v) is 4.85. The molecule has 9 nitrogen and oxygen atoms in total. The van der Waals surface area contributed by atoms with Gasteiger partial charge in [-0.25, -0.2) is 8.42 Å². The van der Waals surface area contributed by atoms with Gasteiger partial charge in [0.25, 0.3) is 0 Å². The van der Waals surface area contributed by atoms with Crippen LogP contribution in [0.15, 0.2) is 47.4 Å². The molecule has 3 rings (SSSR count). The average Bonchev–Trinajstić information content (AvgIpc) is 2.79. The monoisotopic (exact) mass is 450 g/mol. The molecular weight excluding hydrogens is 424 g/mol. The number of hydrogen-bond acceptors (Lipinski definition) is 7. The standard InChI is InChI=1S/C21H26N2O7S/c1-28-18-7-8-19(29-2)20(15-18)31(26,27)23-12-10-22(11-13-23)21(25)9-14-30-17-5-3-16(24)4-6-17/h3-8,15,24H,9-14H2,1-2H3. The molecule has 168 valence electrons. The van der Waals surface area contributed by atoms with E-state index in [1.165, 1.54) is 36.7 Å². The van der Waals surface area contributed by atoms with Gasteiger partial charge in [-0.1, -0.05) is 0 Å². The molecule has 2 aromatic rings. The lowest BCUT2D eigenvalue weighted by atomic mass is 10.3. The lowest BCUT2D eigenvalue weighted by Crippen LogP contribution is -2.50. The summed E-state index contributed by atoms with van der Waals surface area (Å²) in [6.07, 6.45) is 0.178. The summed E-state index contributed by atoms with van der Waals surface area (Å²) in [6, 6.07) is 10.9. The van der Waals surface area contributed by atoms with Crippen molar-refractivity contribution in [1.29, 1.82) is 0 Å². The lowest BCUT2D eigenvalue weighted by molar-refractivity contribution is -0.132. The van der Waals surface area contributed by atoms with E-state index in [1.54, 1.807) is 29.2 Å². The Kier molecular flexibility index (Phi) is 7.24. The van der Waals surface area contributed by atoms with Crippen LogP contribution in [0.25, 0.3) is 0 Å². The highest BCUT2D eigenvalue weighted by Gasteiger charge is 2.32. The molecule has 31 heavy (non-hydrogen) atoms. The van der Waals surface area contributed by atoms with Crippen LogP contribution in [0.3, 0.4) is 0 Å². The van der Waals surface area contributed by atoms with E-state index in [0.717, 1.165) is 0 Å². The predicted molar refractivity (Wildman–Crippen MR) is 113 cm³/mol. The molecule has 0 atom stereocenters. The van der Waals surface area contributed by atoms with Crippen molar-refractivity contribution in [3.05, 3.63) is 42.5 Å². The van der Waals surface area contributed by atoms with Gasteiger partial charge in [-0.2, -0.15) is 4.31 Å². The fourth-order valence-electron chi connectivity index (χ4n) is 3.26. The van der Waals surface area contributed by atoms with Crippen LogP contribution in [0.2, 0.25) is 0 Å². The number of methoxy groups -OCH3 is 2. The summed E-state index contributed by atoms with van der Waals surface area (Å²) >= 11 is 0. The number of piperazine rings is 1. The van der Waals surface area contributed by atoms with Gasteiger partial charge in [0.2, 0.25) is 15.9 Å². The summed E-state index contributed by atoms with van der Waals surface area (Å²) in [4.78, 5) is 14.1. The predicted octanol–water partition coefficient (Wildman–Crippen LogP) is 1.71. The summed E-state index contributed by atoms with van der Waals surface area (Å²) < 4.78 is 43.4. The maximum atomic E-state index is 13.1. The average molecular weight is 451 g/mol. The molecule has 0 unspecified atom stereocenters. The van der Waals surface area contributed by atoms with E-state index in [2.05, 4.69) is 0 Å². The van der Waals surface area contributed by atoms with Gasteiger partial charge in [-0.3, -0.25) is 4.79 Å². The first-order valence-corrected chi connectivity index (χ1v) is 11.2. The summed E-state index contributed by atoms with van der Waals surface area (Å²) in [6.45, 7) is 1.16. The minimum atomic E-state index is -3.80. The van der Waals surface area contributed by atoms with E-state index < -0.39 is 10.0 Å². The zero-order valence-electron chi connectivity index (χ0n) is 17.5. The molecule has 0 aliphatic carbocycles. The Hall–Kier alpha value is -2.98. The number of hydrogen-bond donors (Lipinski definition) is 1. The second kappa shape index (κ2) is 9.88. The lowest BCUT2D eigenvalue weighted by Gasteiger charge is -2.34. The fraction of sp³-hybridized carbons (Fsp3) is 0.381. The maximum Gasteiger partial charge on any atom is 0.247 e. The van der Waals surface area contributed by atoms with Crippen molar-refractivity contribution in [2.24, 2.45) is 0 Å². The van der Waals surface area contributed by atoms with Gasteiger partial charge in [0, 0.05) is 32.2 Å². The zero-order chi connectivity index (χ0) is 22.4. The minimum absolute atomic E-state index is 0.0384. The Morgan fingerprint density at radius 2 is 1.61 bits per heavy atom. The van der Waals surface area contributed by atoms with E-state index in [0.29, 0.717) is 24.6 Å². The molecule has 1 amide bonds. The van der Waals surface area contributed by atoms with Gasteiger partial charge in [0.05, 0.1) is 27.2 Å². The van der Waals surface area contributed by atoms with Crippen LogP contribution in [0.5, 0.6) is 23.0 Å². The van der Waals surface area contributed by atoms with Crippen molar-refractivity contribution in [3.63, 3.8) is 0 Å². The zero-order valence-corrected chi connectivity index (χ0v) is 18.3. The SMILES string of the molecule is COc1ccc(OC)c(S(=O)(=O)N2CCN(C(=O)CCOc3ccc(O)cc3)CC2)c1. The second-order valence-corrected chi connectivity index (χ2v) is 8.80. The molecule has 1 aliphatic rings. The largest absolute Gasteiger partial charge is 0.508 e. The topological polar surface area (TPSA) is 106 Å². The third-order valence-corrected chi connectivity index (χ3v) is 6.92. The number of sulfonamides is 1. The van der Waals surface area contributed by atoms with Crippen molar-refractivity contribution in [1.82, 2.24) is 9.21 Å². The number of benzene rings is 2. The number of carbonyl (C=O) groups is 1. The summed E-state index contributed by atoms with van der Waals surface area (Å²) in [5.74, 6) is 1.26. The second-order valence-electron chi connectivity index (χ2n) is 6.89. The van der Waals surface area contributed by atoms with Crippen LogP contribution in [0.4, 0.5) is 0 Å². The van der Waals surface area contributed by atoms with Crippen molar-refractivity contribution >= 4 is 15.9 Å². The van der Waals surface area contributed by atoms with Crippen LogP contribution in [-0.4, -0.2) is 75.6 Å². The molecule has 1 heterocycles. The first kappa shape index (κ1) is 22.7. The molecule has 0 aromatic heterocycles. The number of nitrogens with zero attached hydrogens (tertiary/aromatic N) is 2. The molecule has 1 aliphatic heterocycles. The van der Waals surface area contributed by atoms with Crippen molar-refractivity contribution in [2.45, 2.75) is 11.3 Å². The Labute approximate surface area is 181 Å². The van der Waals surface area contributed by atoms with Gasteiger partial charge in [0.15, 0.2) is 0 Å². The molecule has 1 N–H and O–H groups in total. The van der Waals surface area contributed by atoms with Crippen molar-refractivity contribution in [3.8, 4) is 23.0 Å². The Morgan fingerprint density at radius 1 is 0.968 bits per heavy atom. The van der Waals surface area contributed by atoms with Gasteiger partial charge < -0.3 is 24.2 Å². The van der Waals surface area contributed by atoms with Crippen molar-refractivity contribution in [2.75, 3.05) is 47.0 Å². The summed E-state index contributed by atoms with van der Waals surface area (Å²) in [5, 5.41) is 9.27. The van der Waals surface area contributed by atoms with Gasteiger partial charge in [0.1, 0.15) is 27.9 Å². The third kappa shape index (κ3) is 5.39. The molecule has 0 radical (unpaired) electrons. The van der Waals surface area contributed by atoms with Crippen LogP contribution < -0.4 is 14.2 Å². The summed E-state index contributed by atoms with van der Waals surface area (Å²) in [7, 11) is -0.917. The molecule has 10 heteroatoms. The van der Waals surface area contributed by atoms with E-state index >= 15 is 0 Å². The maximum absolute atomic E-state index is 13.1. The number of carbonyl (C=O) groups excluding carboxylic acids is 1. The van der Waals surface area contributed by atoms with Crippen LogP contribution >= 0.6 is 0 Å². The Morgan fingerprint density at radius 3 is 2.23 bits per heavy atom. The van der Waals surface area contributed by atoms with Crippen molar-refractivity contribution < 1.29 is 32.5 Å². The van der Waals surface area contributed by atoms with E-state index in [9.17, 15) is 18.3 Å². The molecule has 0 bridgehead atoms. The molecular formula is C21H26N2O7S. The number of phenolic OH excluding ortho intramolecular Hbond substituents is 1. The highest BCUT2D eigenvalue weighted by molar-refractivity contribution is 7.89. The van der Waals surface area contributed by atoms with Gasteiger partial charge >= 0.3 is 0 Å². The summed E-state index contributed by atoms with van der Waals surface area (Å²) in [5.41, 5.74) is 0. The minimum Gasteiger partial charge on any atom is -0.508 e. The Balaban J connectivity index is 1.56. The van der Waals surface area contributed by atoms with E-state index in [1.807, 2.05) is 0 Å². The molecule has 2 aromatic carbocycles. The van der Waals surface area contributed by atoms with Crippen LogP contribution in [-0.2, 0) is 14.8 Å². The highest BCUT2D eigenvalue weighted by atomic mass is 32.2. The molecule has 1 fully saturated rings. The molecule has 0 saturated carbocycles. The number of rotatable bonds is 8. The van der Waals surface area contributed by atoms with Gasteiger partial charge in [-0.15, -0.1) is 0 Å².